The van der Waals surface area contributed by atoms with Crippen LogP contribution in [0.4, 0.5) is 0 Å². The average molecular weight is 246 g/mol. The van der Waals surface area contributed by atoms with Crippen molar-refractivity contribution in [3.05, 3.63) is 10.1 Å². The van der Waals surface area contributed by atoms with Gasteiger partial charge >= 0.3 is 0 Å². The van der Waals surface area contributed by atoms with Crippen LogP contribution >= 0.6 is 15.9 Å². The molecule has 2 aliphatic rings. The van der Waals surface area contributed by atoms with Crippen LogP contribution in [0.3, 0.4) is 0 Å². The Kier molecular flexibility index (Phi) is 3.06. The van der Waals surface area contributed by atoms with Gasteiger partial charge in [-0.05, 0) is 31.3 Å². The number of rotatable bonds is 1. The largest absolute Gasteiger partial charge is 0.381 e. The van der Waals surface area contributed by atoms with E-state index in [-0.39, 0.29) is 0 Å². The molecule has 1 unspecified atom stereocenters. The zero-order valence-corrected chi connectivity index (χ0v) is 9.56. The van der Waals surface area contributed by atoms with Crippen LogP contribution in [0.15, 0.2) is 10.1 Å². The summed E-state index contributed by atoms with van der Waals surface area (Å²) in [6.45, 7) is 5.11. The molecule has 2 aliphatic heterocycles. The minimum absolute atomic E-state index is 0.596. The number of halogens is 1. The van der Waals surface area contributed by atoms with E-state index < -0.39 is 0 Å². The maximum atomic E-state index is 5.37. The molecule has 13 heavy (non-hydrogen) atoms. The van der Waals surface area contributed by atoms with Crippen molar-refractivity contribution in [3.8, 4) is 0 Å². The summed E-state index contributed by atoms with van der Waals surface area (Å²) in [5.74, 6) is 0.781. The van der Waals surface area contributed by atoms with Crippen molar-refractivity contribution in [2.45, 2.75) is 25.8 Å². The van der Waals surface area contributed by atoms with E-state index in [4.69, 9.17) is 4.74 Å². The van der Waals surface area contributed by atoms with Gasteiger partial charge in [-0.3, -0.25) is 0 Å². The molecule has 1 N–H and O–H groups in total. The molecule has 0 spiro atoms. The fourth-order valence-electron chi connectivity index (χ4n) is 2.23. The zero-order valence-electron chi connectivity index (χ0n) is 7.98. The van der Waals surface area contributed by atoms with Gasteiger partial charge in [0.2, 0.25) is 0 Å². The van der Waals surface area contributed by atoms with Gasteiger partial charge in [-0.15, -0.1) is 0 Å². The minimum Gasteiger partial charge on any atom is -0.381 e. The summed E-state index contributed by atoms with van der Waals surface area (Å²) < 4.78 is 6.72. The van der Waals surface area contributed by atoms with E-state index in [0.717, 1.165) is 25.7 Å². The molecule has 0 aromatic heterocycles. The van der Waals surface area contributed by atoms with Crippen LogP contribution in [0, 0.1) is 5.92 Å². The van der Waals surface area contributed by atoms with E-state index in [9.17, 15) is 0 Å². The van der Waals surface area contributed by atoms with Gasteiger partial charge in [0.25, 0.3) is 0 Å². The molecule has 0 amide bonds. The van der Waals surface area contributed by atoms with Gasteiger partial charge in [-0.1, -0.05) is 15.9 Å². The van der Waals surface area contributed by atoms with Crippen LogP contribution in [-0.2, 0) is 4.74 Å². The lowest BCUT2D eigenvalue weighted by Crippen LogP contribution is -2.36. The fraction of sp³-hybridized carbons (Fsp3) is 0.800. The lowest BCUT2D eigenvalue weighted by molar-refractivity contribution is 0.0593. The Hall–Kier alpha value is 0.140. The van der Waals surface area contributed by atoms with E-state index in [1.807, 2.05) is 0 Å². The Morgan fingerprint density at radius 3 is 2.62 bits per heavy atom. The van der Waals surface area contributed by atoms with Gasteiger partial charge in [0.15, 0.2) is 0 Å². The molecule has 0 aromatic carbocycles. The molecule has 0 bridgehead atoms. The molecule has 1 fully saturated rings. The topological polar surface area (TPSA) is 21.3 Å². The van der Waals surface area contributed by atoms with Crippen LogP contribution in [0.2, 0.25) is 0 Å². The Bertz CT molecular complexity index is 221. The normalized spacial score (nSPS) is 31.4. The molecule has 1 saturated heterocycles. The highest BCUT2D eigenvalue weighted by Crippen LogP contribution is 2.30. The standard InChI is InChI=1S/C10H16BrNO/c1-7-9(11)6-12-10(7)8-2-4-13-5-3-8/h8,10,12H,2-6H2,1H3. The molecule has 3 heteroatoms. The summed E-state index contributed by atoms with van der Waals surface area (Å²) in [5.41, 5.74) is 1.49. The van der Waals surface area contributed by atoms with E-state index in [2.05, 4.69) is 28.2 Å². The molecular formula is C10H16BrNO. The maximum absolute atomic E-state index is 5.37. The van der Waals surface area contributed by atoms with E-state index >= 15 is 0 Å². The van der Waals surface area contributed by atoms with Crippen molar-refractivity contribution in [2.75, 3.05) is 19.8 Å². The molecule has 74 valence electrons. The predicted molar refractivity (Wildman–Crippen MR) is 57.0 cm³/mol. The van der Waals surface area contributed by atoms with Crippen molar-refractivity contribution >= 4 is 15.9 Å². The van der Waals surface area contributed by atoms with Gasteiger partial charge in [0, 0.05) is 30.3 Å². The Morgan fingerprint density at radius 1 is 1.38 bits per heavy atom. The van der Waals surface area contributed by atoms with Crippen LogP contribution in [0.1, 0.15) is 19.8 Å². The first-order chi connectivity index (χ1) is 6.29. The smallest absolute Gasteiger partial charge is 0.0469 e. The number of hydrogen-bond donors (Lipinski definition) is 1. The number of hydrogen-bond acceptors (Lipinski definition) is 2. The van der Waals surface area contributed by atoms with Gasteiger partial charge in [-0.25, -0.2) is 0 Å². The number of ether oxygens (including phenoxy) is 1. The van der Waals surface area contributed by atoms with Crippen molar-refractivity contribution in [2.24, 2.45) is 5.92 Å². The van der Waals surface area contributed by atoms with Crippen molar-refractivity contribution in [1.82, 2.24) is 5.32 Å². The summed E-state index contributed by atoms with van der Waals surface area (Å²) in [6, 6.07) is 0.596. The fourth-order valence-corrected chi connectivity index (χ4v) is 2.64. The first-order valence-corrected chi connectivity index (χ1v) is 5.74. The third-order valence-corrected chi connectivity index (χ3v) is 4.01. The minimum atomic E-state index is 0.596. The summed E-state index contributed by atoms with van der Waals surface area (Å²) in [6.07, 6.45) is 2.41. The summed E-state index contributed by atoms with van der Waals surface area (Å²) in [5, 5.41) is 3.55. The third-order valence-electron chi connectivity index (χ3n) is 3.11. The SMILES string of the molecule is CC1=C(Br)CNC1C1CCOCC1. The monoisotopic (exact) mass is 245 g/mol. The van der Waals surface area contributed by atoms with E-state index in [1.54, 1.807) is 0 Å². The van der Waals surface area contributed by atoms with Crippen molar-refractivity contribution < 1.29 is 4.74 Å². The molecular weight excluding hydrogens is 230 g/mol. The summed E-state index contributed by atoms with van der Waals surface area (Å²) >= 11 is 3.60. The van der Waals surface area contributed by atoms with E-state index in [1.165, 1.54) is 22.9 Å². The number of nitrogens with one attached hydrogen (secondary N) is 1. The molecule has 0 radical (unpaired) electrons. The molecule has 2 nitrogen and oxygen atoms in total. The van der Waals surface area contributed by atoms with Gasteiger partial charge in [0.1, 0.15) is 0 Å². The first kappa shape index (κ1) is 9.69. The maximum Gasteiger partial charge on any atom is 0.0469 e. The van der Waals surface area contributed by atoms with Crippen LogP contribution in [0.5, 0.6) is 0 Å². The van der Waals surface area contributed by atoms with Gasteiger partial charge in [0.05, 0.1) is 0 Å². The summed E-state index contributed by atoms with van der Waals surface area (Å²) in [4.78, 5) is 0. The Labute approximate surface area is 87.9 Å². The average Bonchev–Trinajstić information content (AvgIpc) is 2.49. The molecule has 0 aliphatic carbocycles. The Morgan fingerprint density at radius 2 is 2.08 bits per heavy atom. The molecule has 2 rings (SSSR count). The van der Waals surface area contributed by atoms with Crippen LogP contribution < -0.4 is 5.32 Å². The lowest BCUT2D eigenvalue weighted by Gasteiger charge is -2.28. The van der Waals surface area contributed by atoms with Crippen molar-refractivity contribution in [3.63, 3.8) is 0 Å². The zero-order chi connectivity index (χ0) is 9.26. The highest BCUT2D eigenvalue weighted by molar-refractivity contribution is 9.11. The summed E-state index contributed by atoms with van der Waals surface area (Å²) in [7, 11) is 0. The highest BCUT2D eigenvalue weighted by Gasteiger charge is 2.29. The second kappa shape index (κ2) is 4.11. The second-order valence-corrected chi connectivity index (χ2v) is 4.85. The highest BCUT2D eigenvalue weighted by atomic mass is 79.9. The molecule has 0 aromatic rings. The van der Waals surface area contributed by atoms with Crippen LogP contribution in [-0.4, -0.2) is 25.8 Å². The molecule has 2 heterocycles. The molecule has 1 atom stereocenters. The van der Waals surface area contributed by atoms with Gasteiger partial charge < -0.3 is 10.1 Å². The third kappa shape index (κ3) is 1.97. The van der Waals surface area contributed by atoms with E-state index in [0.29, 0.717) is 6.04 Å². The van der Waals surface area contributed by atoms with Crippen LogP contribution in [0.25, 0.3) is 0 Å². The first-order valence-electron chi connectivity index (χ1n) is 4.95. The van der Waals surface area contributed by atoms with Gasteiger partial charge in [-0.2, -0.15) is 0 Å². The quantitative estimate of drug-likeness (QED) is 0.764. The molecule has 0 saturated carbocycles. The Balaban J connectivity index is 2.00. The predicted octanol–water partition coefficient (Wildman–Crippen LogP) is 2.05. The van der Waals surface area contributed by atoms with Crippen molar-refractivity contribution in [1.29, 1.82) is 0 Å². The second-order valence-electron chi connectivity index (χ2n) is 3.90. The lowest BCUT2D eigenvalue weighted by atomic mass is 9.89.